The molecule has 1 aromatic carbocycles. The second-order valence-corrected chi connectivity index (χ2v) is 7.20. The van der Waals surface area contributed by atoms with Crippen LogP contribution in [0.3, 0.4) is 0 Å². The Bertz CT molecular complexity index is 1130. The SMILES string of the molecule is CN(Cc1cc2ccccc2n1C)C(=O)/C=C/c1ccc(NC(=O)CCC(=O)O)nc1. The molecule has 3 aromatic rings. The lowest BCUT2D eigenvalue weighted by molar-refractivity contribution is -0.138. The van der Waals surface area contributed by atoms with Crippen molar-refractivity contribution in [2.24, 2.45) is 7.05 Å². The predicted molar refractivity (Wildman–Crippen MR) is 118 cm³/mol. The van der Waals surface area contributed by atoms with E-state index in [1.54, 1.807) is 30.2 Å². The Labute approximate surface area is 179 Å². The van der Waals surface area contributed by atoms with Crippen LogP contribution in [0.2, 0.25) is 0 Å². The van der Waals surface area contributed by atoms with Gasteiger partial charge in [0.15, 0.2) is 0 Å². The molecular weight excluding hydrogens is 396 g/mol. The molecule has 160 valence electrons. The van der Waals surface area contributed by atoms with Crippen molar-refractivity contribution >= 4 is 40.6 Å². The summed E-state index contributed by atoms with van der Waals surface area (Å²) in [7, 11) is 3.73. The van der Waals surface area contributed by atoms with Crippen LogP contribution in [0.4, 0.5) is 5.82 Å². The third-order valence-corrected chi connectivity index (χ3v) is 4.86. The van der Waals surface area contributed by atoms with Gasteiger partial charge in [0.1, 0.15) is 5.82 Å². The molecule has 0 radical (unpaired) electrons. The lowest BCUT2D eigenvalue weighted by atomic mass is 10.2. The van der Waals surface area contributed by atoms with Gasteiger partial charge in [0.25, 0.3) is 0 Å². The normalized spacial score (nSPS) is 11.0. The average Bonchev–Trinajstić information content (AvgIpc) is 3.07. The van der Waals surface area contributed by atoms with Gasteiger partial charge in [-0.15, -0.1) is 0 Å². The number of fused-ring (bicyclic) bond motifs is 1. The molecular formula is C23H24N4O4. The van der Waals surface area contributed by atoms with E-state index in [-0.39, 0.29) is 18.7 Å². The average molecular weight is 420 g/mol. The summed E-state index contributed by atoms with van der Waals surface area (Å²) in [5.41, 5.74) is 2.86. The fourth-order valence-electron chi connectivity index (χ4n) is 3.12. The lowest BCUT2D eigenvalue weighted by Gasteiger charge is -2.15. The predicted octanol–water partition coefficient (Wildman–Crippen LogP) is 3.05. The zero-order valence-corrected chi connectivity index (χ0v) is 17.4. The van der Waals surface area contributed by atoms with Crippen LogP contribution in [-0.2, 0) is 28.0 Å². The van der Waals surface area contributed by atoms with Crippen LogP contribution >= 0.6 is 0 Å². The van der Waals surface area contributed by atoms with Crippen LogP contribution in [0.1, 0.15) is 24.1 Å². The number of aliphatic carboxylic acids is 1. The molecule has 2 aromatic heterocycles. The van der Waals surface area contributed by atoms with Crippen molar-refractivity contribution in [3.63, 3.8) is 0 Å². The maximum absolute atomic E-state index is 12.5. The van der Waals surface area contributed by atoms with Gasteiger partial charge in [-0.3, -0.25) is 14.4 Å². The number of nitrogens with one attached hydrogen (secondary N) is 1. The summed E-state index contributed by atoms with van der Waals surface area (Å²) < 4.78 is 2.08. The molecule has 0 saturated carbocycles. The van der Waals surface area contributed by atoms with Crippen molar-refractivity contribution in [3.8, 4) is 0 Å². The Balaban J connectivity index is 1.56. The van der Waals surface area contributed by atoms with Gasteiger partial charge < -0.3 is 19.9 Å². The van der Waals surface area contributed by atoms with E-state index >= 15 is 0 Å². The van der Waals surface area contributed by atoms with Crippen LogP contribution in [-0.4, -0.2) is 44.4 Å². The highest BCUT2D eigenvalue weighted by Gasteiger charge is 2.11. The maximum atomic E-state index is 12.5. The zero-order chi connectivity index (χ0) is 22.4. The van der Waals surface area contributed by atoms with E-state index in [1.807, 2.05) is 31.3 Å². The minimum Gasteiger partial charge on any atom is -0.481 e. The molecule has 0 fully saturated rings. The molecule has 2 N–H and O–H groups in total. The molecule has 2 amide bonds. The molecule has 0 aliphatic rings. The largest absolute Gasteiger partial charge is 0.481 e. The summed E-state index contributed by atoms with van der Waals surface area (Å²) in [5, 5.41) is 12.3. The lowest BCUT2D eigenvalue weighted by Crippen LogP contribution is -2.25. The van der Waals surface area contributed by atoms with Crippen molar-refractivity contribution in [1.29, 1.82) is 0 Å². The number of carboxylic acid groups (broad SMARTS) is 1. The number of para-hydroxylation sites is 1. The minimum atomic E-state index is -1.03. The molecule has 8 nitrogen and oxygen atoms in total. The molecule has 0 bridgehead atoms. The number of benzene rings is 1. The third-order valence-electron chi connectivity index (χ3n) is 4.86. The van der Waals surface area contributed by atoms with Crippen molar-refractivity contribution < 1.29 is 19.5 Å². The number of pyridine rings is 1. The van der Waals surface area contributed by atoms with Crippen molar-refractivity contribution in [2.75, 3.05) is 12.4 Å². The Morgan fingerprint density at radius 1 is 1.16 bits per heavy atom. The number of carbonyl (C=O) groups is 3. The summed E-state index contributed by atoms with van der Waals surface area (Å²) in [4.78, 5) is 40.4. The van der Waals surface area contributed by atoms with Gasteiger partial charge in [-0.1, -0.05) is 18.2 Å². The summed E-state index contributed by atoms with van der Waals surface area (Å²) in [5.74, 6) is -1.26. The summed E-state index contributed by atoms with van der Waals surface area (Å²) in [6, 6.07) is 13.5. The number of aromatic nitrogens is 2. The topological polar surface area (TPSA) is 105 Å². The quantitative estimate of drug-likeness (QED) is 0.545. The van der Waals surface area contributed by atoms with Crippen LogP contribution < -0.4 is 5.32 Å². The second-order valence-electron chi connectivity index (χ2n) is 7.20. The fraction of sp³-hybridized carbons (Fsp3) is 0.217. The van der Waals surface area contributed by atoms with E-state index < -0.39 is 11.9 Å². The number of likely N-dealkylation sites (N-methyl/N-ethyl adjacent to an activating group) is 1. The van der Waals surface area contributed by atoms with Crippen molar-refractivity contribution in [3.05, 3.63) is 66.0 Å². The first-order valence-corrected chi connectivity index (χ1v) is 9.77. The Morgan fingerprint density at radius 3 is 2.61 bits per heavy atom. The Kier molecular flexibility index (Phi) is 6.81. The van der Waals surface area contributed by atoms with E-state index in [2.05, 4.69) is 20.9 Å². The van der Waals surface area contributed by atoms with Crippen LogP contribution in [0.15, 0.2) is 54.7 Å². The molecule has 0 aliphatic carbocycles. The fourth-order valence-corrected chi connectivity index (χ4v) is 3.12. The van der Waals surface area contributed by atoms with Crippen LogP contribution in [0.25, 0.3) is 17.0 Å². The van der Waals surface area contributed by atoms with Crippen molar-refractivity contribution in [1.82, 2.24) is 14.5 Å². The molecule has 3 rings (SSSR count). The van der Waals surface area contributed by atoms with Gasteiger partial charge in [-0.2, -0.15) is 0 Å². The van der Waals surface area contributed by atoms with E-state index in [9.17, 15) is 14.4 Å². The Hall–Kier alpha value is -3.94. The number of hydrogen-bond acceptors (Lipinski definition) is 4. The van der Waals surface area contributed by atoms with E-state index in [1.165, 1.54) is 12.3 Å². The monoisotopic (exact) mass is 420 g/mol. The highest BCUT2D eigenvalue weighted by Crippen LogP contribution is 2.19. The summed E-state index contributed by atoms with van der Waals surface area (Å²) >= 11 is 0. The molecule has 2 heterocycles. The number of anilines is 1. The molecule has 0 saturated heterocycles. The molecule has 0 aliphatic heterocycles. The first-order valence-electron chi connectivity index (χ1n) is 9.77. The van der Waals surface area contributed by atoms with Gasteiger partial charge >= 0.3 is 5.97 Å². The number of amides is 2. The maximum Gasteiger partial charge on any atom is 0.303 e. The van der Waals surface area contributed by atoms with Gasteiger partial charge in [0, 0.05) is 44.0 Å². The van der Waals surface area contributed by atoms with Gasteiger partial charge in [0.05, 0.1) is 13.0 Å². The van der Waals surface area contributed by atoms with Crippen LogP contribution in [0.5, 0.6) is 0 Å². The highest BCUT2D eigenvalue weighted by atomic mass is 16.4. The van der Waals surface area contributed by atoms with Gasteiger partial charge in [0.2, 0.25) is 11.8 Å². The van der Waals surface area contributed by atoms with E-state index in [0.29, 0.717) is 17.9 Å². The standard InChI is InChI=1S/C23H24N4O4/c1-26(15-18-13-17-5-3-4-6-19(17)27(18)2)22(29)11-8-16-7-9-20(24-14-16)25-21(28)10-12-23(30)31/h3-9,11,13-14H,10,12,15H2,1-2H3,(H,30,31)(H,24,25,28)/b11-8+. The Morgan fingerprint density at radius 2 is 1.94 bits per heavy atom. The molecule has 31 heavy (non-hydrogen) atoms. The second kappa shape index (κ2) is 9.71. The molecule has 0 atom stereocenters. The summed E-state index contributed by atoms with van der Waals surface area (Å²) in [6.45, 7) is 0.480. The summed E-state index contributed by atoms with van der Waals surface area (Å²) in [6.07, 6.45) is 4.31. The van der Waals surface area contributed by atoms with E-state index in [4.69, 9.17) is 5.11 Å². The zero-order valence-electron chi connectivity index (χ0n) is 17.4. The first-order chi connectivity index (χ1) is 14.8. The third kappa shape index (κ3) is 5.79. The minimum absolute atomic E-state index is 0.115. The number of rotatable bonds is 8. The van der Waals surface area contributed by atoms with E-state index in [0.717, 1.165) is 16.6 Å². The van der Waals surface area contributed by atoms with Gasteiger partial charge in [-0.25, -0.2) is 4.98 Å². The number of nitrogens with zero attached hydrogens (tertiary/aromatic N) is 3. The number of carboxylic acids is 1. The number of hydrogen-bond donors (Lipinski definition) is 2. The van der Waals surface area contributed by atoms with Gasteiger partial charge in [-0.05, 0) is 41.3 Å². The smallest absolute Gasteiger partial charge is 0.303 e. The number of carbonyl (C=O) groups excluding carboxylic acids is 2. The molecule has 8 heteroatoms. The first kappa shape index (κ1) is 21.8. The number of aryl methyl sites for hydroxylation is 1. The van der Waals surface area contributed by atoms with Crippen LogP contribution in [0, 0.1) is 0 Å². The highest BCUT2D eigenvalue weighted by molar-refractivity contribution is 5.92. The van der Waals surface area contributed by atoms with Crippen molar-refractivity contribution in [2.45, 2.75) is 19.4 Å². The molecule has 0 unspecified atom stereocenters. The molecule has 0 spiro atoms.